The first-order valence-electron chi connectivity index (χ1n) is 30.8. The van der Waals surface area contributed by atoms with Crippen LogP contribution in [0.1, 0.15) is 310 Å². The van der Waals surface area contributed by atoms with Crippen molar-refractivity contribution in [3.05, 3.63) is 0 Å². The minimum absolute atomic E-state index is 0.0187. The minimum atomic E-state index is -2.22. The summed E-state index contributed by atoms with van der Waals surface area (Å²) in [6, 6.07) is -4.60. The fourth-order valence-electron chi connectivity index (χ4n) is 10.3. The van der Waals surface area contributed by atoms with Gasteiger partial charge in [0, 0.05) is 5.75 Å². The lowest BCUT2D eigenvalue weighted by Crippen LogP contribution is -2.66. The molecule has 12 nitrogen and oxygen atoms in total. The van der Waals surface area contributed by atoms with Crippen LogP contribution < -0.4 is 16.0 Å². The molecule has 0 radical (unpaired) electrons. The van der Waals surface area contributed by atoms with Gasteiger partial charge in [0.05, 0.1) is 13.2 Å². The maximum Gasteiger partial charge on any atom is 0.328 e. The van der Waals surface area contributed by atoms with Gasteiger partial charge in [0.25, 0.3) is 5.91 Å². The Morgan fingerprint density at radius 2 is 0.616 bits per heavy atom. The molecule has 0 aliphatic heterocycles. The van der Waals surface area contributed by atoms with E-state index in [-0.39, 0.29) is 25.0 Å². The van der Waals surface area contributed by atoms with Gasteiger partial charge in [-0.3, -0.25) is 14.4 Å². The fraction of sp³-hybridized carbons (Fsp3) is 0.933. The van der Waals surface area contributed by atoms with E-state index in [0.717, 1.165) is 64.2 Å². The Kier molecular flexibility index (Phi) is 48.3. The number of carboxylic acid groups (broad SMARTS) is 1. The number of hydrogen-bond donors (Lipinski definition) is 9. The number of thiol groups is 1. The fourth-order valence-corrected chi connectivity index (χ4v) is 10.5. The Bertz CT molecular complexity index is 1280. The highest BCUT2D eigenvalue weighted by Gasteiger charge is 2.54. The molecule has 0 saturated heterocycles. The molecular formula is C60H117N3O9S. The lowest BCUT2D eigenvalue weighted by atomic mass is 9.72. The zero-order chi connectivity index (χ0) is 54.1. The molecule has 0 aliphatic rings. The van der Waals surface area contributed by atoms with E-state index in [0.29, 0.717) is 19.3 Å². The van der Waals surface area contributed by atoms with E-state index < -0.39 is 66.2 Å². The molecule has 0 aromatic heterocycles. The largest absolute Gasteiger partial charge is 0.480 e. The SMILES string of the molecule is CCCCCCCCCCCCCCCCC(O)(CCCCCCCCCCCCCCCC)[C@@](O)(CCCCCCCCCCCCCCCC)C(=O)NC(CS)C(=O)NC(CO)C(=O)NC(CO)C(=O)O. The molecule has 0 heterocycles. The highest BCUT2D eigenvalue weighted by molar-refractivity contribution is 7.80. The van der Waals surface area contributed by atoms with Crippen molar-refractivity contribution >= 4 is 36.3 Å². The summed E-state index contributed by atoms with van der Waals surface area (Å²) in [5.74, 6) is -4.50. The average Bonchev–Trinajstić information content (AvgIpc) is 3.38. The van der Waals surface area contributed by atoms with Crippen molar-refractivity contribution < 1.29 is 44.7 Å². The van der Waals surface area contributed by atoms with Crippen molar-refractivity contribution in [3.8, 4) is 0 Å². The number of rotatable bonds is 56. The second-order valence-corrected chi connectivity index (χ2v) is 22.3. The normalized spacial score (nSPS) is 13.9. The van der Waals surface area contributed by atoms with Crippen molar-refractivity contribution in [1.82, 2.24) is 16.0 Å². The molecule has 0 bridgehead atoms. The predicted molar refractivity (Wildman–Crippen MR) is 306 cm³/mol. The van der Waals surface area contributed by atoms with Crippen LogP contribution in [0.2, 0.25) is 0 Å². The van der Waals surface area contributed by atoms with E-state index in [1.807, 2.05) is 0 Å². The van der Waals surface area contributed by atoms with Crippen molar-refractivity contribution in [1.29, 1.82) is 0 Å². The number of carboxylic acids is 1. The molecule has 73 heavy (non-hydrogen) atoms. The number of aliphatic carboxylic acids is 1. The van der Waals surface area contributed by atoms with Crippen LogP contribution in [0.5, 0.6) is 0 Å². The molecule has 8 N–H and O–H groups in total. The lowest BCUT2D eigenvalue weighted by molar-refractivity contribution is -0.184. The quantitative estimate of drug-likeness (QED) is 0.0210. The predicted octanol–water partition coefficient (Wildman–Crippen LogP) is 13.5. The molecule has 0 saturated carbocycles. The molecule has 3 amide bonds. The van der Waals surface area contributed by atoms with Crippen molar-refractivity contribution in [2.75, 3.05) is 19.0 Å². The number of aliphatic hydroxyl groups is 4. The van der Waals surface area contributed by atoms with Crippen LogP contribution in [0.4, 0.5) is 0 Å². The molecule has 0 fully saturated rings. The number of carbonyl (C=O) groups is 4. The Balaban J connectivity index is 5.97. The Morgan fingerprint density at radius 3 is 0.877 bits per heavy atom. The standard InChI is InChI=1S/C60H117N3O9S/c1-4-7-10-13-16-19-22-25-28-31-34-37-40-43-46-59(71,47-44-41-38-35-32-29-26-23-20-17-14-11-8-5-2)60(72,48-45-42-39-36-33-30-27-24-21-18-15-12-9-6-3)58(70)63-54(51-73)56(67)61-52(49-64)55(66)62-53(50-65)57(68)69/h52-54,64-65,71-73H,4-51H2,1-3H3,(H,61,67)(H,62,66)(H,63,70)(H,68,69)/t52?,53?,54?,60-/m1/s1. The van der Waals surface area contributed by atoms with E-state index in [1.54, 1.807) is 0 Å². The third-order valence-electron chi connectivity index (χ3n) is 15.3. The number of unbranched alkanes of at least 4 members (excludes halogenated alkanes) is 39. The monoisotopic (exact) mass is 1060 g/mol. The zero-order valence-electron chi connectivity index (χ0n) is 47.5. The van der Waals surface area contributed by atoms with Crippen molar-refractivity contribution in [2.24, 2.45) is 0 Å². The van der Waals surface area contributed by atoms with E-state index >= 15 is 0 Å². The van der Waals surface area contributed by atoms with Crippen LogP contribution in [-0.4, -0.2) is 97.5 Å². The van der Waals surface area contributed by atoms with E-state index in [4.69, 9.17) is 0 Å². The van der Waals surface area contributed by atoms with Gasteiger partial charge in [-0.2, -0.15) is 12.6 Å². The van der Waals surface area contributed by atoms with Crippen molar-refractivity contribution in [3.63, 3.8) is 0 Å². The first-order valence-corrected chi connectivity index (χ1v) is 31.5. The third-order valence-corrected chi connectivity index (χ3v) is 15.7. The van der Waals surface area contributed by atoms with Crippen LogP contribution in [0.3, 0.4) is 0 Å². The van der Waals surface area contributed by atoms with Gasteiger partial charge < -0.3 is 41.5 Å². The maximum absolute atomic E-state index is 14.6. The summed E-state index contributed by atoms with van der Waals surface area (Å²) in [6.45, 7) is 4.96. The van der Waals surface area contributed by atoms with E-state index in [9.17, 15) is 44.7 Å². The lowest BCUT2D eigenvalue weighted by Gasteiger charge is -2.43. The smallest absolute Gasteiger partial charge is 0.328 e. The zero-order valence-corrected chi connectivity index (χ0v) is 48.4. The highest BCUT2D eigenvalue weighted by atomic mass is 32.1. The molecule has 3 unspecified atom stereocenters. The second-order valence-electron chi connectivity index (χ2n) is 22.0. The summed E-state index contributed by atoms with van der Waals surface area (Å²) in [6.07, 6.45) is 49.7. The summed E-state index contributed by atoms with van der Waals surface area (Å²) in [5, 5.41) is 61.4. The molecular weight excluding hydrogens is 939 g/mol. The molecule has 0 aromatic rings. The van der Waals surface area contributed by atoms with Crippen LogP contribution >= 0.6 is 12.6 Å². The summed E-state index contributed by atoms with van der Waals surface area (Å²) in [7, 11) is 0. The van der Waals surface area contributed by atoms with Gasteiger partial charge in [-0.1, -0.05) is 284 Å². The average molecular weight is 1060 g/mol. The molecule has 432 valence electrons. The number of carbonyl (C=O) groups excluding carboxylic acids is 3. The number of hydrogen-bond acceptors (Lipinski definition) is 9. The maximum atomic E-state index is 14.6. The van der Waals surface area contributed by atoms with Gasteiger partial charge in [-0.15, -0.1) is 0 Å². The second kappa shape index (κ2) is 49.6. The van der Waals surface area contributed by atoms with Crippen LogP contribution in [0.15, 0.2) is 0 Å². The molecule has 4 atom stereocenters. The summed E-state index contributed by atoms with van der Waals surface area (Å²) < 4.78 is 0. The first kappa shape index (κ1) is 71.1. The Hall–Kier alpha value is -1.93. The number of aliphatic hydroxyl groups excluding tert-OH is 2. The first-order chi connectivity index (χ1) is 35.4. The number of amides is 3. The van der Waals surface area contributed by atoms with Gasteiger partial charge in [0.1, 0.15) is 23.7 Å². The third kappa shape index (κ3) is 36.7. The molecule has 0 aromatic carbocycles. The summed E-state index contributed by atoms with van der Waals surface area (Å²) in [5.41, 5.74) is -3.98. The van der Waals surface area contributed by atoms with Gasteiger partial charge in [-0.25, -0.2) is 4.79 Å². The van der Waals surface area contributed by atoms with Gasteiger partial charge >= 0.3 is 5.97 Å². The van der Waals surface area contributed by atoms with Gasteiger partial charge in [0.2, 0.25) is 11.8 Å². The highest BCUT2D eigenvalue weighted by Crippen LogP contribution is 2.38. The topological polar surface area (TPSA) is 206 Å². The van der Waals surface area contributed by atoms with Crippen LogP contribution in [0.25, 0.3) is 0 Å². The summed E-state index contributed by atoms with van der Waals surface area (Å²) >= 11 is 4.34. The van der Waals surface area contributed by atoms with Crippen molar-refractivity contribution in [2.45, 2.75) is 339 Å². The number of nitrogens with one attached hydrogen (secondary N) is 3. The molecule has 0 spiro atoms. The molecule has 0 aliphatic carbocycles. The summed E-state index contributed by atoms with van der Waals surface area (Å²) in [4.78, 5) is 52.5. The van der Waals surface area contributed by atoms with E-state index in [2.05, 4.69) is 49.4 Å². The van der Waals surface area contributed by atoms with E-state index in [1.165, 1.54) is 186 Å². The molecule has 13 heteroatoms. The molecule has 0 rings (SSSR count). The van der Waals surface area contributed by atoms with Gasteiger partial charge in [0.15, 0.2) is 5.60 Å². The van der Waals surface area contributed by atoms with Gasteiger partial charge in [-0.05, 0) is 25.7 Å². The van der Waals surface area contributed by atoms with Crippen LogP contribution in [0, 0.1) is 0 Å². The van der Waals surface area contributed by atoms with Crippen LogP contribution in [-0.2, 0) is 19.2 Å². The Morgan fingerprint density at radius 1 is 0.370 bits per heavy atom. The Labute approximate surface area is 453 Å². The minimum Gasteiger partial charge on any atom is -0.480 e.